The molecule has 7 heteroatoms. The summed E-state index contributed by atoms with van der Waals surface area (Å²) in [5.74, 6) is -0.126. The Labute approximate surface area is 147 Å². The lowest BCUT2D eigenvalue weighted by Crippen LogP contribution is -2.14. The molecule has 0 unspecified atom stereocenters. The number of nitrogens with zero attached hydrogens (tertiary/aromatic N) is 1. The van der Waals surface area contributed by atoms with Crippen LogP contribution in [-0.4, -0.2) is 5.91 Å². The maximum absolute atomic E-state index is 12.8. The van der Waals surface area contributed by atoms with Gasteiger partial charge in [-0.1, -0.05) is 13.0 Å². The van der Waals surface area contributed by atoms with Crippen molar-refractivity contribution in [2.75, 3.05) is 5.32 Å². The quantitative estimate of drug-likeness (QED) is 0.814. The second kappa shape index (κ2) is 6.52. The van der Waals surface area contributed by atoms with E-state index < -0.39 is 17.6 Å². The van der Waals surface area contributed by atoms with Gasteiger partial charge < -0.3 is 5.32 Å². The molecule has 1 atom stereocenters. The molecule has 2 aromatic rings. The number of alkyl halides is 3. The number of carbonyl (C=O) groups is 1. The minimum Gasteiger partial charge on any atom is -0.312 e. The van der Waals surface area contributed by atoms with Crippen molar-refractivity contribution in [2.24, 2.45) is 5.92 Å². The first-order chi connectivity index (χ1) is 11.8. The van der Waals surface area contributed by atoms with Crippen molar-refractivity contribution in [3.05, 3.63) is 51.4 Å². The number of benzene rings is 1. The lowest BCUT2D eigenvalue weighted by molar-refractivity contribution is -0.137. The summed E-state index contributed by atoms with van der Waals surface area (Å²) in [5, 5.41) is 12.5. The van der Waals surface area contributed by atoms with Gasteiger partial charge in [0.2, 0.25) is 0 Å². The molecule has 1 heterocycles. The first-order valence-corrected chi connectivity index (χ1v) is 8.64. The maximum Gasteiger partial charge on any atom is 0.416 e. The lowest BCUT2D eigenvalue weighted by Gasteiger charge is -2.17. The van der Waals surface area contributed by atoms with Gasteiger partial charge in [-0.25, -0.2) is 0 Å². The van der Waals surface area contributed by atoms with E-state index in [1.807, 2.05) is 0 Å². The third kappa shape index (κ3) is 3.54. The van der Waals surface area contributed by atoms with Gasteiger partial charge >= 0.3 is 6.18 Å². The molecule has 0 bridgehead atoms. The van der Waals surface area contributed by atoms with Gasteiger partial charge in [0.15, 0.2) is 0 Å². The van der Waals surface area contributed by atoms with Gasteiger partial charge in [0.05, 0.1) is 11.1 Å². The van der Waals surface area contributed by atoms with E-state index >= 15 is 0 Å². The molecular formula is C18H15F3N2OS. The Hall–Kier alpha value is -2.33. The third-order valence-electron chi connectivity index (χ3n) is 4.30. The first kappa shape index (κ1) is 17.5. The average molecular weight is 364 g/mol. The highest BCUT2D eigenvalue weighted by atomic mass is 32.1. The number of hydrogen-bond donors (Lipinski definition) is 1. The van der Waals surface area contributed by atoms with E-state index in [4.69, 9.17) is 0 Å². The number of nitriles is 1. The summed E-state index contributed by atoms with van der Waals surface area (Å²) in [7, 11) is 0. The molecule has 3 rings (SSSR count). The van der Waals surface area contributed by atoms with Crippen LogP contribution in [0.2, 0.25) is 0 Å². The molecule has 0 aliphatic heterocycles. The monoisotopic (exact) mass is 364 g/mol. The molecule has 1 amide bonds. The van der Waals surface area contributed by atoms with Crippen molar-refractivity contribution in [1.82, 2.24) is 0 Å². The highest BCUT2D eigenvalue weighted by Gasteiger charge is 2.31. The minimum atomic E-state index is -4.51. The van der Waals surface area contributed by atoms with Crippen LogP contribution < -0.4 is 5.32 Å². The summed E-state index contributed by atoms with van der Waals surface area (Å²) in [5.41, 5.74) is 0.440. The van der Waals surface area contributed by atoms with Gasteiger partial charge in [0, 0.05) is 10.4 Å². The number of carbonyl (C=O) groups excluding carboxylic acids is 1. The number of halogens is 3. The molecule has 1 aromatic carbocycles. The summed E-state index contributed by atoms with van der Waals surface area (Å²) in [6.45, 7) is 2.13. The van der Waals surface area contributed by atoms with E-state index in [0.717, 1.165) is 41.8 Å². The average Bonchev–Trinajstić information content (AvgIpc) is 2.90. The number of hydrogen-bond acceptors (Lipinski definition) is 3. The van der Waals surface area contributed by atoms with Gasteiger partial charge in [-0.2, -0.15) is 18.4 Å². The van der Waals surface area contributed by atoms with Gasteiger partial charge in [0.1, 0.15) is 11.1 Å². The molecule has 1 aromatic heterocycles. The van der Waals surface area contributed by atoms with Gasteiger partial charge in [0.25, 0.3) is 5.91 Å². The van der Waals surface area contributed by atoms with Crippen molar-refractivity contribution < 1.29 is 18.0 Å². The van der Waals surface area contributed by atoms with Crippen molar-refractivity contribution in [1.29, 1.82) is 5.26 Å². The summed E-state index contributed by atoms with van der Waals surface area (Å²) in [4.78, 5) is 13.4. The molecule has 0 radical (unpaired) electrons. The third-order valence-corrected chi connectivity index (χ3v) is 5.47. The zero-order chi connectivity index (χ0) is 18.2. The van der Waals surface area contributed by atoms with Crippen LogP contribution in [0.1, 0.15) is 45.3 Å². The van der Waals surface area contributed by atoms with Gasteiger partial charge in [-0.05, 0) is 48.9 Å². The summed E-state index contributed by atoms with van der Waals surface area (Å²) in [6.07, 6.45) is -1.88. The predicted octanol–water partition coefficient (Wildman–Crippen LogP) is 5.02. The Balaban J connectivity index is 1.88. The molecule has 0 fully saturated rings. The van der Waals surface area contributed by atoms with Crippen LogP contribution in [0.3, 0.4) is 0 Å². The number of fused-ring (bicyclic) bond motifs is 1. The van der Waals surface area contributed by atoms with Crippen molar-refractivity contribution in [2.45, 2.75) is 32.4 Å². The Kier molecular flexibility index (Phi) is 4.56. The topological polar surface area (TPSA) is 52.9 Å². The molecule has 1 aliphatic carbocycles. The standard InChI is InChI=1S/C18H15F3N2OS/c1-10-5-6-13-14(9-22)17(25-15(13)7-10)23-16(24)11-3-2-4-12(8-11)18(19,20)21/h2-4,8,10H,5-7H2,1H3,(H,23,24)/t10-/m0/s1. The number of thiophene rings is 1. The maximum atomic E-state index is 12.8. The largest absolute Gasteiger partial charge is 0.416 e. The van der Waals surface area contributed by atoms with Crippen LogP contribution in [0.4, 0.5) is 18.2 Å². The molecule has 1 N–H and O–H groups in total. The smallest absolute Gasteiger partial charge is 0.312 e. The molecule has 0 spiro atoms. The van der Waals surface area contributed by atoms with E-state index in [9.17, 15) is 23.2 Å². The fourth-order valence-electron chi connectivity index (χ4n) is 2.97. The normalized spacial score (nSPS) is 16.8. The fourth-order valence-corrected chi connectivity index (χ4v) is 4.33. The van der Waals surface area contributed by atoms with Crippen LogP contribution in [0.15, 0.2) is 24.3 Å². The summed E-state index contributed by atoms with van der Waals surface area (Å²) < 4.78 is 38.4. The van der Waals surface area contributed by atoms with E-state index in [1.165, 1.54) is 23.5 Å². The SMILES string of the molecule is C[C@H]1CCc2c(sc(NC(=O)c3cccc(C(F)(F)F)c3)c2C#N)C1. The molecule has 130 valence electrons. The second-order valence-corrected chi connectivity index (χ2v) is 7.31. The van der Waals surface area contributed by atoms with Crippen LogP contribution in [0, 0.1) is 17.2 Å². The summed E-state index contributed by atoms with van der Waals surface area (Å²) >= 11 is 1.35. The lowest BCUT2D eigenvalue weighted by atomic mass is 9.88. The predicted molar refractivity (Wildman–Crippen MR) is 89.6 cm³/mol. The van der Waals surface area contributed by atoms with Gasteiger partial charge in [-0.15, -0.1) is 11.3 Å². The molecule has 1 aliphatic rings. The molecule has 0 saturated carbocycles. The van der Waals surface area contributed by atoms with E-state index in [1.54, 1.807) is 0 Å². The van der Waals surface area contributed by atoms with E-state index in [-0.39, 0.29) is 5.56 Å². The molecule has 3 nitrogen and oxygen atoms in total. The zero-order valence-electron chi connectivity index (χ0n) is 13.4. The second-order valence-electron chi connectivity index (χ2n) is 6.20. The number of rotatable bonds is 2. The highest BCUT2D eigenvalue weighted by molar-refractivity contribution is 7.16. The van der Waals surface area contributed by atoms with E-state index in [2.05, 4.69) is 18.3 Å². The number of anilines is 1. The van der Waals surface area contributed by atoms with Crippen molar-refractivity contribution in [3.8, 4) is 6.07 Å². The van der Waals surface area contributed by atoms with Crippen LogP contribution >= 0.6 is 11.3 Å². The highest BCUT2D eigenvalue weighted by Crippen LogP contribution is 2.39. The zero-order valence-corrected chi connectivity index (χ0v) is 14.2. The van der Waals surface area contributed by atoms with Crippen LogP contribution in [0.5, 0.6) is 0 Å². The Morgan fingerprint density at radius 2 is 2.16 bits per heavy atom. The van der Waals surface area contributed by atoms with Crippen molar-refractivity contribution >= 4 is 22.2 Å². The number of amides is 1. The summed E-state index contributed by atoms with van der Waals surface area (Å²) in [6, 6.07) is 6.39. The Morgan fingerprint density at radius 1 is 1.40 bits per heavy atom. The van der Waals surface area contributed by atoms with Crippen LogP contribution in [-0.2, 0) is 19.0 Å². The van der Waals surface area contributed by atoms with Crippen LogP contribution in [0.25, 0.3) is 0 Å². The van der Waals surface area contributed by atoms with Gasteiger partial charge in [-0.3, -0.25) is 4.79 Å². The number of nitrogens with one attached hydrogen (secondary N) is 1. The molecular weight excluding hydrogens is 349 g/mol. The first-order valence-electron chi connectivity index (χ1n) is 7.83. The molecule has 25 heavy (non-hydrogen) atoms. The Bertz CT molecular complexity index is 864. The molecule has 0 saturated heterocycles. The minimum absolute atomic E-state index is 0.0848. The fraction of sp³-hybridized carbons (Fsp3) is 0.333. The Morgan fingerprint density at radius 3 is 2.84 bits per heavy atom. The van der Waals surface area contributed by atoms with Crippen molar-refractivity contribution in [3.63, 3.8) is 0 Å². The van der Waals surface area contributed by atoms with E-state index in [0.29, 0.717) is 16.5 Å².